The predicted molar refractivity (Wildman–Crippen MR) is 57.2 cm³/mol. The summed E-state index contributed by atoms with van der Waals surface area (Å²) in [4.78, 5) is 0. The monoisotopic (exact) mass is 193 g/mol. The van der Waals surface area contributed by atoms with Gasteiger partial charge in [-0.25, -0.2) is 4.39 Å². The van der Waals surface area contributed by atoms with E-state index in [1.165, 1.54) is 5.57 Å². The van der Waals surface area contributed by atoms with Crippen LogP contribution in [0.5, 0.6) is 0 Å². The van der Waals surface area contributed by atoms with Gasteiger partial charge in [0.25, 0.3) is 0 Å². The third-order valence-corrected chi connectivity index (χ3v) is 2.05. The van der Waals surface area contributed by atoms with Gasteiger partial charge >= 0.3 is 0 Å². The minimum absolute atomic E-state index is 0.181. The standard InChI is InChI=1S/C12H16FN/c1-4-10(3)7-6-8-11(9-14)12(13)5-2/h5,7H,2,4,6,8H2,1,3H3/b10-7+,12-11-. The first-order valence-corrected chi connectivity index (χ1v) is 4.72. The molecule has 0 unspecified atom stereocenters. The summed E-state index contributed by atoms with van der Waals surface area (Å²) >= 11 is 0. The zero-order valence-electron chi connectivity index (χ0n) is 8.81. The molecule has 2 heteroatoms. The van der Waals surface area contributed by atoms with Gasteiger partial charge in [0.2, 0.25) is 0 Å². The predicted octanol–water partition coefficient (Wildman–Crippen LogP) is 4.06. The first-order valence-electron chi connectivity index (χ1n) is 4.72. The Bertz CT molecular complexity index is 292. The van der Waals surface area contributed by atoms with E-state index in [1.807, 2.05) is 19.1 Å². The van der Waals surface area contributed by atoms with Crippen LogP contribution < -0.4 is 0 Å². The van der Waals surface area contributed by atoms with Crippen LogP contribution in [0.25, 0.3) is 0 Å². The van der Waals surface area contributed by atoms with E-state index in [4.69, 9.17) is 5.26 Å². The van der Waals surface area contributed by atoms with Crippen molar-refractivity contribution in [2.24, 2.45) is 0 Å². The van der Waals surface area contributed by atoms with Crippen molar-refractivity contribution in [3.05, 3.63) is 35.7 Å². The van der Waals surface area contributed by atoms with Crippen molar-refractivity contribution in [2.75, 3.05) is 0 Å². The average molecular weight is 193 g/mol. The summed E-state index contributed by atoms with van der Waals surface area (Å²) < 4.78 is 12.9. The lowest BCUT2D eigenvalue weighted by Crippen LogP contribution is -1.83. The van der Waals surface area contributed by atoms with E-state index < -0.39 is 5.83 Å². The van der Waals surface area contributed by atoms with Crippen molar-refractivity contribution in [2.45, 2.75) is 33.1 Å². The third-order valence-electron chi connectivity index (χ3n) is 2.05. The van der Waals surface area contributed by atoms with E-state index in [0.29, 0.717) is 12.8 Å². The summed E-state index contributed by atoms with van der Waals surface area (Å²) in [5, 5.41) is 8.63. The Morgan fingerprint density at radius 1 is 1.57 bits per heavy atom. The van der Waals surface area contributed by atoms with E-state index in [-0.39, 0.29) is 5.57 Å². The van der Waals surface area contributed by atoms with E-state index in [9.17, 15) is 4.39 Å². The molecular formula is C12H16FN. The van der Waals surface area contributed by atoms with Crippen LogP contribution in [0.15, 0.2) is 35.7 Å². The molecular weight excluding hydrogens is 177 g/mol. The van der Waals surface area contributed by atoms with Crippen molar-refractivity contribution in [3.8, 4) is 6.07 Å². The van der Waals surface area contributed by atoms with Gasteiger partial charge in [0.05, 0.1) is 11.6 Å². The van der Waals surface area contributed by atoms with Crippen molar-refractivity contribution < 1.29 is 4.39 Å². The van der Waals surface area contributed by atoms with Crippen LogP contribution in [0.3, 0.4) is 0 Å². The van der Waals surface area contributed by atoms with Gasteiger partial charge in [-0.15, -0.1) is 0 Å². The molecule has 0 aromatic carbocycles. The van der Waals surface area contributed by atoms with E-state index in [0.717, 1.165) is 12.5 Å². The summed E-state index contributed by atoms with van der Waals surface area (Å²) in [6, 6.07) is 1.85. The quantitative estimate of drug-likeness (QED) is 0.367. The van der Waals surface area contributed by atoms with Crippen LogP contribution in [-0.4, -0.2) is 0 Å². The summed E-state index contributed by atoms with van der Waals surface area (Å²) in [6.07, 6.45) is 5.27. The number of allylic oxidation sites excluding steroid dienone is 5. The molecule has 0 saturated carbocycles. The van der Waals surface area contributed by atoms with E-state index in [2.05, 4.69) is 13.5 Å². The molecule has 0 saturated heterocycles. The van der Waals surface area contributed by atoms with Gasteiger partial charge < -0.3 is 0 Å². The van der Waals surface area contributed by atoms with Gasteiger partial charge in [-0.1, -0.05) is 25.2 Å². The van der Waals surface area contributed by atoms with Crippen molar-refractivity contribution in [1.29, 1.82) is 5.26 Å². The molecule has 0 spiro atoms. The molecule has 1 nitrogen and oxygen atoms in total. The van der Waals surface area contributed by atoms with E-state index >= 15 is 0 Å². The van der Waals surface area contributed by atoms with Gasteiger partial charge in [-0.05, 0) is 32.3 Å². The van der Waals surface area contributed by atoms with Crippen molar-refractivity contribution >= 4 is 0 Å². The Kier molecular flexibility index (Phi) is 6.39. The highest BCUT2D eigenvalue weighted by Crippen LogP contribution is 2.14. The Hall–Kier alpha value is -1.36. The molecule has 14 heavy (non-hydrogen) atoms. The molecule has 0 rings (SSSR count). The molecule has 0 aliphatic heterocycles. The number of hydrogen-bond donors (Lipinski definition) is 0. The second-order valence-electron chi connectivity index (χ2n) is 3.09. The topological polar surface area (TPSA) is 23.8 Å². The number of rotatable bonds is 5. The lowest BCUT2D eigenvalue weighted by atomic mass is 10.1. The van der Waals surface area contributed by atoms with Crippen LogP contribution in [0, 0.1) is 11.3 Å². The lowest BCUT2D eigenvalue weighted by molar-refractivity contribution is 0.652. The molecule has 0 aliphatic carbocycles. The normalized spacial score (nSPS) is 13.1. The van der Waals surface area contributed by atoms with Crippen LogP contribution in [0.4, 0.5) is 4.39 Å². The molecule has 0 N–H and O–H groups in total. The van der Waals surface area contributed by atoms with Gasteiger partial charge in [-0.2, -0.15) is 5.26 Å². The fourth-order valence-corrected chi connectivity index (χ4v) is 0.959. The summed E-state index contributed by atoms with van der Waals surface area (Å²) in [5.74, 6) is -0.505. The second kappa shape index (κ2) is 7.08. The number of nitriles is 1. The summed E-state index contributed by atoms with van der Waals surface area (Å²) in [5.41, 5.74) is 1.45. The lowest BCUT2D eigenvalue weighted by Gasteiger charge is -1.97. The van der Waals surface area contributed by atoms with Gasteiger partial charge in [0.15, 0.2) is 0 Å². The third kappa shape index (κ3) is 4.61. The molecule has 0 bridgehead atoms. The minimum Gasteiger partial charge on any atom is -0.206 e. The maximum absolute atomic E-state index is 12.9. The average Bonchev–Trinajstić information content (AvgIpc) is 2.22. The van der Waals surface area contributed by atoms with Crippen LogP contribution in [0.2, 0.25) is 0 Å². The van der Waals surface area contributed by atoms with Crippen LogP contribution in [-0.2, 0) is 0 Å². The fraction of sp³-hybridized carbons (Fsp3) is 0.417. The first-order chi connectivity index (χ1) is 6.65. The SMILES string of the molecule is C=C/C(F)=C(/C#N)CC/C=C(\C)CC. The summed E-state index contributed by atoms with van der Waals surface area (Å²) in [7, 11) is 0. The highest BCUT2D eigenvalue weighted by atomic mass is 19.1. The second-order valence-corrected chi connectivity index (χ2v) is 3.09. The Morgan fingerprint density at radius 2 is 2.21 bits per heavy atom. The van der Waals surface area contributed by atoms with Crippen LogP contribution in [0.1, 0.15) is 33.1 Å². The molecule has 0 aromatic rings. The maximum Gasteiger partial charge on any atom is 0.136 e. The fourth-order valence-electron chi connectivity index (χ4n) is 0.959. The first kappa shape index (κ1) is 12.6. The number of hydrogen-bond acceptors (Lipinski definition) is 1. The minimum atomic E-state index is -0.505. The molecule has 0 fully saturated rings. The number of halogens is 1. The van der Waals surface area contributed by atoms with Gasteiger partial charge in [-0.3, -0.25) is 0 Å². The Morgan fingerprint density at radius 3 is 2.64 bits per heavy atom. The Balaban J connectivity index is 4.26. The Labute approximate surface area is 85.2 Å². The molecule has 0 atom stereocenters. The zero-order chi connectivity index (χ0) is 11.0. The molecule has 0 heterocycles. The summed E-state index contributed by atoms with van der Waals surface area (Å²) in [6.45, 7) is 7.38. The molecule has 0 radical (unpaired) electrons. The molecule has 0 aromatic heterocycles. The van der Waals surface area contributed by atoms with Crippen molar-refractivity contribution in [1.82, 2.24) is 0 Å². The smallest absolute Gasteiger partial charge is 0.136 e. The van der Waals surface area contributed by atoms with Crippen molar-refractivity contribution in [3.63, 3.8) is 0 Å². The van der Waals surface area contributed by atoms with Gasteiger partial charge in [0.1, 0.15) is 5.83 Å². The number of nitrogens with zero attached hydrogens (tertiary/aromatic N) is 1. The van der Waals surface area contributed by atoms with Gasteiger partial charge in [0, 0.05) is 0 Å². The molecule has 76 valence electrons. The van der Waals surface area contributed by atoms with E-state index in [1.54, 1.807) is 0 Å². The highest BCUT2D eigenvalue weighted by Gasteiger charge is 2.01. The molecule has 0 aliphatic rings. The van der Waals surface area contributed by atoms with Crippen LogP contribution >= 0.6 is 0 Å². The maximum atomic E-state index is 12.9. The molecule has 0 amide bonds. The zero-order valence-corrected chi connectivity index (χ0v) is 8.81. The largest absolute Gasteiger partial charge is 0.206 e. The highest BCUT2D eigenvalue weighted by molar-refractivity contribution is 5.29.